The Hall–Kier alpha value is -2.84. The summed E-state index contributed by atoms with van der Waals surface area (Å²) in [4.78, 5) is 38.3. The number of thioether (sulfide) groups is 1. The van der Waals surface area contributed by atoms with Gasteiger partial charge in [0.25, 0.3) is 11.8 Å². The highest BCUT2D eigenvalue weighted by atomic mass is 32.2. The molecule has 2 amide bonds. The monoisotopic (exact) mass is 454 g/mol. The van der Waals surface area contributed by atoms with Crippen LogP contribution in [0.3, 0.4) is 0 Å². The summed E-state index contributed by atoms with van der Waals surface area (Å²) >= 11 is 2.74. The number of carbonyl (C=O) groups is 3. The Balaban J connectivity index is 1.30. The van der Waals surface area contributed by atoms with Crippen LogP contribution >= 0.6 is 23.1 Å². The highest BCUT2D eigenvalue weighted by Crippen LogP contribution is 2.37. The van der Waals surface area contributed by atoms with Crippen molar-refractivity contribution in [1.29, 1.82) is 0 Å². The molecule has 0 spiro atoms. The first-order valence-corrected chi connectivity index (χ1v) is 11.8. The van der Waals surface area contributed by atoms with Gasteiger partial charge in [-0.05, 0) is 54.2 Å². The third-order valence-electron chi connectivity index (χ3n) is 5.11. The van der Waals surface area contributed by atoms with E-state index in [9.17, 15) is 14.4 Å². The average Bonchev–Trinajstić information content (AvgIpc) is 3.14. The van der Waals surface area contributed by atoms with Crippen LogP contribution in [-0.2, 0) is 27.2 Å². The van der Waals surface area contributed by atoms with Gasteiger partial charge in [-0.2, -0.15) is 0 Å². The van der Waals surface area contributed by atoms with Gasteiger partial charge in [-0.3, -0.25) is 14.4 Å². The molecular formula is C23H22N2O4S2. The van der Waals surface area contributed by atoms with Gasteiger partial charge in [-0.15, -0.1) is 23.1 Å². The summed E-state index contributed by atoms with van der Waals surface area (Å²) in [6, 6.07) is 14.0. The van der Waals surface area contributed by atoms with Crippen LogP contribution in [-0.4, -0.2) is 30.1 Å². The molecule has 1 heterocycles. The van der Waals surface area contributed by atoms with Crippen LogP contribution in [0.5, 0.6) is 0 Å². The number of hydrogen-bond donors (Lipinski definition) is 2. The lowest BCUT2D eigenvalue weighted by Gasteiger charge is -2.11. The predicted molar refractivity (Wildman–Crippen MR) is 124 cm³/mol. The maximum absolute atomic E-state index is 12.3. The quantitative estimate of drug-likeness (QED) is 0.413. The zero-order chi connectivity index (χ0) is 21.8. The first-order valence-electron chi connectivity index (χ1n) is 10.0. The highest BCUT2D eigenvalue weighted by Gasteiger charge is 2.25. The van der Waals surface area contributed by atoms with Crippen LogP contribution in [0.2, 0.25) is 0 Å². The summed E-state index contributed by atoms with van der Waals surface area (Å²) in [6.07, 6.45) is 3.74. The summed E-state index contributed by atoms with van der Waals surface area (Å²) in [5.74, 6) is -1.40. The summed E-state index contributed by atoms with van der Waals surface area (Å²) in [6.45, 7) is -0.405. The van der Waals surface area contributed by atoms with Crippen LogP contribution in [0, 0.1) is 0 Å². The normalized spacial score (nSPS) is 12.9. The Morgan fingerprint density at radius 2 is 1.84 bits per heavy atom. The maximum Gasteiger partial charge on any atom is 0.316 e. The zero-order valence-corrected chi connectivity index (χ0v) is 18.4. The molecule has 0 unspecified atom stereocenters. The molecule has 0 atom stereocenters. The van der Waals surface area contributed by atoms with Crippen LogP contribution in [0.1, 0.15) is 33.6 Å². The molecule has 2 aromatic carbocycles. The molecule has 3 aromatic rings. The predicted octanol–water partition coefficient (Wildman–Crippen LogP) is 4.15. The second kappa shape index (κ2) is 9.53. The number of primary amides is 1. The van der Waals surface area contributed by atoms with Crippen molar-refractivity contribution >= 4 is 56.7 Å². The molecule has 0 radical (unpaired) electrons. The van der Waals surface area contributed by atoms with Crippen molar-refractivity contribution in [3.63, 3.8) is 0 Å². The largest absolute Gasteiger partial charge is 0.455 e. The van der Waals surface area contributed by atoms with E-state index in [4.69, 9.17) is 10.5 Å². The number of esters is 1. The molecule has 1 aromatic heterocycles. The van der Waals surface area contributed by atoms with Crippen LogP contribution < -0.4 is 11.1 Å². The number of nitrogens with one attached hydrogen (secondary N) is 1. The van der Waals surface area contributed by atoms with Crippen molar-refractivity contribution in [2.45, 2.75) is 30.6 Å². The van der Waals surface area contributed by atoms with Gasteiger partial charge >= 0.3 is 5.97 Å². The van der Waals surface area contributed by atoms with Gasteiger partial charge in [0, 0.05) is 9.77 Å². The molecule has 160 valence electrons. The van der Waals surface area contributed by atoms with E-state index in [1.165, 1.54) is 23.1 Å². The van der Waals surface area contributed by atoms with E-state index in [0.717, 1.165) is 51.8 Å². The molecule has 31 heavy (non-hydrogen) atoms. The van der Waals surface area contributed by atoms with Crippen LogP contribution in [0.15, 0.2) is 47.4 Å². The van der Waals surface area contributed by atoms with Crippen molar-refractivity contribution in [2.75, 3.05) is 17.7 Å². The van der Waals surface area contributed by atoms with Crippen molar-refractivity contribution in [2.24, 2.45) is 5.73 Å². The number of benzene rings is 2. The number of rotatable bonds is 7. The molecule has 1 aliphatic rings. The number of anilines is 1. The number of thiophene rings is 1. The van der Waals surface area contributed by atoms with E-state index in [0.29, 0.717) is 10.6 Å². The van der Waals surface area contributed by atoms with Crippen LogP contribution in [0.4, 0.5) is 5.00 Å². The molecule has 6 nitrogen and oxygen atoms in total. The minimum Gasteiger partial charge on any atom is -0.455 e. The summed E-state index contributed by atoms with van der Waals surface area (Å²) in [5.41, 5.74) is 6.88. The Labute approximate surface area is 188 Å². The van der Waals surface area contributed by atoms with E-state index in [1.54, 1.807) is 0 Å². The van der Waals surface area contributed by atoms with E-state index in [2.05, 4.69) is 5.32 Å². The molecule has 0 aliphatic heterocycles. The van der Waals surface area contributed by atoms with Gasteiger partial charge < -0.3 is 15.8 Å². The molecule has 0 fully saturated rings. The third kappa shape index (κ3) is 5.08. The van der Waals surface area contributed by atoms with Crippen LogP contribution in [0.25, 0.3) is 10.8 Å². The fraction of sp³-hybridized carbons (Fsp3) is 0.261. The van der Waals surface area contributed by atoms with E-state index < -0.39 is 24.4 Å². The number of hydrogen-bond acceptors (Lipinski definition) is 6. The van der Waals surface area contributed by atoms with E-state index in [1.807, 2.05) is 42.5 Å². The number of fused-ring (bicyclic) bond motifs is 2. The van der Waals surface area contributed by atoms with Gasteiger partial charge in [0.1, 0.15) is 5.00 Å². The van der Waals surface area contributed by atoms with Crippen molar-refractivity contribution in [1.82, 2.24) is 0 Å². The molecule has 0 bridgehead atoms. The minimum absolute atomic E-state index is 0.103. The summed E-state index contributed by atoms with van der Waals surface area (Å²) in [5, 5.41) is 5.38. The molecule has 1 aliphatic carbocycles. The smallest absolute Gasteiger partial charge is 0.316 e. The maximum atomic E-state index is 12.3. The number of ether oxygens (including phenoxy) is 1. The molecular weight excluding hydrogens is 432 g/mol. The fourth-order valence-electron chi connectivity index (χ4n) is 3.66. The van der Waals surface area contributed by atoms with Gasteiger partial charge in [-0.1, -0.05) is 30.3 Å². The lowest BCUT2D eigenvalue weighted by Crippen LogP contribution is -2.23. The van der Waals surface area contributed by atoms with E-state index >= 15 is 0 Å². The van der Waals surface area contributed by atoms with Gasteiger partial charge in [0.2, 0.25) is 0 Å². The second-order valence-corrected chi connectivity index (χ2v) is 9.44. The Morgan fingerprint density at radius 1 is 1.06 bits per heavy atom. The third-order valence-corrected chi connectivity index (χ3v) is 7.29. The SMILES string of the molecule is NC(=O)c1c(NC(=O)COC(=O)CSc2ccc3ccccc3c2)sc2c1CCCC2. The fourth-order valence-corrected chi connectivity index (χ4v) is 5.72. The number of carbonyl (C=O) groups excluding carboxylic acids is 3. The van der Waals surface area contributed by atoms with Crippen molar-refractivity contribution < 1.29 is 19.1 Å². The van der Waals surface area contributed by atoms with Gasteiger partial charge in [-0.25, -0.2) is 0 Å². The topological polar surface area (TPSA) is 98.5 Å². The molecule has 8 heteroatoms. The van der Waals surface area contributed by atoms with Gasteiger partial charge in [0.15, 0.2) is 6.61 Å². The first kappa shape index (κ1) is 21.4. The Bertz CT molecular complexity index is 1160. The molecule has 0 saturated carbocycles. The zero-order valence-electron chi connectivity index (χ0n) is 16.8. The summed E-state index contributed by atoms with van der Waals surface area (Å²) < 4.78 is 5.10. The minimum atomic E-state index is -0.543. The van der Waals surface area contributed by atoms with Crippen molar-refractivity contribution in [3.8, 4) is 0 Å². The average molecular weight is 455 g/mol. The van der Waals surface area contributed by atoms with Gasteiger partial charge in [0.05, 0.1) is 11.3 Å². The Kier molecular flexibility index (Phi) is 6.58. The number of aryl methyl sites for hydroxylation is 1. The standard InChI is InChI=1S/C23H22N2O4S2/c24-22(28)21-17-7-3-4-8-18(17)31-23(21)25-19(26)12-29-20(27)13-30-16-10-9-14-5-1-2-6-15(14)11-16/h1-2,5-6,9-11H,3-4,7-8,12-13H2,(H2,24,28)(H,25,26). The lowest BCUT2D eigenvalue weighted by molar-refractivity contribution is -0.144. The van der Waals surface area contributed by atoms with E-state index in [-0.39, 0.29) is 5.75 Å². The molecule has 0 saturated heterocycles. The highest BCUT2D eigenvalue weighted by molar-refractivity contribution is 8.00. The summed E-state index contributed by atoms with van der Waals surface area (Å²) in [7, 11) is 0. The second-order valence-electron chi connectivity index (χ2n) is 7.29. The Morgan fingerprint density at radius 3 is 2.65 bits per heavy atom. The lowest BCUT2D eigenvalue weighted by atomic mass is 9.95. The number of nitrogens with two attached hydrogens (primary N) is 1. The first-order chi connectivity index (χ1) is 15.0. The van der Waals surface area contributed by atoms with Crippen molar-refractivity contribution in [3.05, 3.63) is 58.5 Å². The molecule has 3 N–H and O–H groups in total. The number of amides is 2. The molecule has 4 rings (SSSR count).